The Kier molecular flexibility index (Phi) is 4.39. The van der Waals surface area contributed by atoms with Crippen LogP contribution in [0.3, 0.4) is 0 Å². The molecule has 2 rings (SSSR count). The van der Waals surface area contributed by atoms with Crippen LogP contribution in [0.2, 0.25) is 0 Å². The monoisotopic (exact) mass is 313 g/mol. The summed E-state index contributed by atoms with van der Waals surface area (Å²) in [6.45, 7) is 0.380. The Balaban J connectivity index is 2.08. The third kappa shape index (κ3) is 4.00. The van der Waals surface area contributed by atoms with Crippen molar-refractivity contribution in [2.75, 3.05) is 11.9 Å². The molecule has 0 unspecified atom stereocenters. The number of benzene rings is 1. The molecule has 0 saturated heterocycles. The number of rotatable bonds is 4. The molecule has 0 saturated carbocycles. The highest BCUT2D eigenvalue weighted by molar-refractivity contribution is 6.04. The van der Waals surface area contributed by atoms with Gasteiger partial charge in [-0.15, -0.1) is 0 Å². The Morgan fingerprint density at radius 3 is 2.73 bits per heavy atom. The summed E-state index contributed by atoms with van der Waals surface area (Å²) < 4.78 is 42.6. The van der Waals surface area contributed by atoms with Gasteiger partial charge in [0.25, 0.3) is 5.91 Å². The van der Waals surface area contributed by atoms with Crippen molar-refractivity contribution in [3.05, 3.63) is 41.7 Å². The Hall–Kier alpha value is -2.51. The summed E-state index contributed by atoms with van der Waals surface area (Å²) in [5, 5.41) is 6.64. The first-order valence-corrected chi connectivity index (χ1v) is 6.36. The second kappa shape index (κ2) is 6.08. The largest absolute Gasteiger partial charge is 0.484 e. The molecular formula is C14H14F3N3O2. The van der Waals surface area contributed by atoms with Gasteiger partial charge in [0.1, 0.15) is 5.75 Å². The number of carbonyl (C=O) groups is 1. The van der Waals surface area contributed by atoms with Crippen molar-refractivity contribution in [2.24, 2.45) is 7.05 Å². The highest BCUT2D eigenvalue weighted by atomic mass is 19.4. The van der Waals surface area contributed by atoms with E-state index >= 15 is 0 Å². The summed E-state index contributed by atoms with van der Waals surface area (Å²) in [5.41, 5.74) is 1.50. The second-order valence-corrected chi connectivity index (χ2v) is 4.65. The van der Waals surface area contributed by atoms with Gasteiger partial charge in [0, 0.05) is 12.6 Å². The van der Waals surface area contributed by atoms with E-state index in [-0.39, 0.29) is 11.3 Å². The zero-order chi connectivity index (χ0) is 16.3. The molecule has 0 bridgehead atoms. The average molecular weight is 313 g/mol. The van der Waals surface area contributed by atoms with Crippen LogP contribution in [0.15, 0.2) is 30.5 Å². The first-order chi connectivity index (χ1) is 10.3. The molecule has 118 valence electrons. The summed E-state index contributed by atoms with van der Waals surface area (Å²) >= 11 is 0. The molecule has 1 amide bonds. The zero-order valence-electron chi connectivity index (χ0n) is 11.9. The van der Waals surface area contributed by atoms with Crippen LogP contribution in [-0.4, -0.2) is 28.5 Å². The summed E-state index contributed by atoms with van der Waals surface area (Å²) in [6, 6.07) is 5.56. The Morgan fingerprint density at radius 2 is 2.14 bits per heavy atom. The molecule has 1 N–H and O–H groups in total. The second-order valence-electron chi connectivity index (χ2n) is 4.65. The first kappa shape index (κ1) is 15.9. The standard InChI is InChI=1S/C14H14F3N3O2/c1-9-12(7-18-20(9)2)19-13(21)10-4-3-5-11(6-10)22-8-14(15,16)17/h3-7H,8H2,1-2H3,(H,19,21). The molecule has 1 aromatic carbocycles. The van der Waals surface area contributed by atoms with Crippen LogP contribution in [0.1, 0.15) is 16.1 Å². The number of hydrogen-bond acceptors (Lipinski definition) is 3. The van der Waals surface area contributed by atoms with E-state index in [0.29, 0.717) is 5.69 Å². The number of halogens is 3. The van der Waals surface area contributed by atoms with E-state index in [1.165, 1.54) is 30.5 Å². The van der Waals surface area contributed by atoms with Gasteiger partial charge in [0.05, 0.1) is 17.6 Å². The van der Waals surface area contributed by atoms with Crippen molar-refractivity contribution in [3.63, 3.8) is 0 Å². The molecule has 0 fully saturated rings. The lowest BCUT2D eigenvalue weighted by Gasteiger charge is -2.10. The fraction of sp³-hybridized carbons (Fsp3) is 0.286. The first-order valence-electron chi connectivity index (χ1n) is 6.36. The van der Waals surface area contributed by atoms with Crippen molar-refractivity contribution >= 4 is 11.6 Å². The number of nitrogens with zero attached hydrogens (tertiary/aromatic N) is 2. The van der Waals surface area contributed by atoms with E-state index in [2.05, 4.69) is 15.2 Å². The van der Waals surface area contributed by atoms with E-state index in [4.69, 9.17) is 0 Å². The molecule has 0 spiro atoms. The number of aromatic nitrogens is 2. The fourth-order valence-electron chi connectivity index (χ4n) is 1.71. The maximum Gasteiger partial charge on any atom is 0.422 e. The lowest BCUT2D eigenvalue weighted by molar-refractivity contribution is -0.153. The van der Waals surface area contributed by atoms with E-state index in [1.54, 1.807) is 18.7 Å². The quantitative estimate of drug-likeness (QED) is 0.944. The van der Waals surface area contributed by atoms with E-state index in [9.17, 15) is 18.0 Å². The predicted molar refractivity (Wildman–Crippen MR) is 73.9 cm³/mol. The Morgan fingerprint density at radius 1 is 1.41 bits per heavy atom. The van der Waals surface area contributed by atoms with Crippen molar-refractivity contribution in [1.82, 2.24) is 9.78 Å². The molecule has 5 nitrogen and oxygen atoms in total. The third-order valence-electron chi connectivity index (χ3n) is 2.98. The van der Waals surface area contributed by atoms with Gasteiger partial charge in [-0.25, -0.2) is 0 Å². The average Bonchev–Trinajstić information content (AvgIpc) is 2.77. The lowest BCUT2D eigenvalue weighted by Crippen LogP contribution is -2.19. The highest BCUT2D eigenvalue weighted by Gasteiger charge is 2.28. The van der Waals surface area contributed by atoms with Crippen molar-refractivity contribution in [3.8, 4) is 5.75 Å². The van der Waals surface area contributed by atoms with Gasteiger partial charge >= 0.3 is 6.18 Å². The normalized spacial score (nSPS) is 11.3. The van der Waals surface area contributed by atoms with Crippen LogP contribution in [0.4, 0.5) is 18.9 Å². The molecule has 22 heavy (non-hydrogen) atoms. The number of nitrogens with one attached hydrogen (secondary N) is 1. The Labute approximate surface area is 124 Å². The molecule has 0 atom stereocenters. The number of hydrogen-bond donors (Lipinski definition) is 1. The molecule has 8 heteroatoms. The van der Waals surface area contributed by atoms with Crippen molar-refractivity contribution < 1.29 is 22.7 Å². The minimum Gasteiger partial charge on any atom is -0.484 e. The van der Waals surface area contributed by atoms with Gasteiger partial charge in [0.15, 0.2) is 6.61 Å². The predicted octanol–water partition coefficient (Wildman–Crippen LogP) is 2.92. The number of carbonyl (C=O) groups excluding carboxylic acids is 1. The molecule has 0 radical (unpaired) electrons. The van der Waals surface area contributed by atoms with E-state index < -0.39 is 18.7 Å². The lowest BCUT2D eigenvalue weighted by atomic mass is 10.2. The zero-order valence-corrected chi connectivity index (χ0v) is 11.9. The number of ether oxygens (including phenoxy) is 1. The van der Waals surface area contributed by atoms with Crippen LogP contribution in [0, 0.1) is 6.92 Å². The molecule has 0 aliphatic carbocycles. The number of aryl methyl sites for hydroxylation is 1. The van der Waals surface area contributed by atoms with Crippen LogP contribution in [0.25, 0.3) is 0 Å². The highest BCUT2D eigenvalue weighted by Crippen LogP contribution is 2.20. The molecular weight excluding hydrogens is 299 g/mol. The maximum atomic E-state index is 12.1. The number of anilines is 1. The van der Waals surface area contributed by atoms with Gasteiger partial charge in [0.2, 0.25) is 0 Å². The Bertz CT molecular complexity index is 680. The topological polar surface area (TPSA) is 56.1 Å². The van der Waals surface area contributed by atoms with E-state index in [1.807, 2.05) is 0 Å². The smallest absolute Gasteiger partial charge is 0.422 e. The fourth-order valence-corrected chi connectivity index (χ4v) is 1.71. The number of alkyl halides is 3. The van der Waals surface area contributed by atoms with Crippen molar-refractivity contribution in [1.29, 1.82) is 0 Å². The molecule has 0 aliphatic heterocycles. The summed E-state index contributed by atoms with van der Waals surface area (Å²) in [4.78, 5) is 12.1. The maximum absolute atomic E-state index is 12.1. The molecule has 2 aromatic rings. The van der Waals surface area contributed by atoms with Gasteiger partial charge in [-0.3, -0.25) is 9.48 Å². The van der Waals surface area contributed by atoms with Crippen molar-refractivity contribution in [2.45, 2.75) is 13.1 Å². The van der Waals surface area contributed by atoms with E-state index in [0.717, 1.165) is 5.69 Å². The van der Waals surface area contributed by atoms with Gasteiger partial charge < -0.3 is 10.1 Å². The van der Waals surface area contributed by atoms with Gasteiger partial charge in [-0.1, -0.05) is 6.07 Å². The summed E-state index contributed by atoms with van der Waals surface area (Å²) in [5.74, 6) is -0.471. The number of amides is 1. The van der Waals surface area contributed by atoms with Crippen LogP contribution >= 0.6 is 0 Å². The third-order valence-corrected chi connectivity index (χ3v) is 2.98. The SMILES string of the molecule is Cc1c(NC(=O)c2cccc(OCC(F)(F)F)c2)cnn1C. The van der Waals surface area contributed by atoms with Gasteiger partial charge in [-0.05, 0) is 25.1 Å². The molecule has 0 aliphatic rings. The van der Waals surface area contributed by atoms with Gasteiger partial charge in [-0.2, -0.15) is 18.3 Å². The van der Waals surface area contributed by atoms with Crippen LogP contribution < -0.4 is 10.1 Å². The summed E-state index contributed by atoms with van der Waals surface area (Å²) in [6.07, 6.45) is -2.93. The van der Waals surface area contributed by atoms with Crippen LogP contribution in [-0.2, 0) is 7.05 Å². The molecule has 1 aromatic heterocycles. The minimum absolute atomic E-state index is 0.0205. The summed E-state index contributed by atoms with van der Waals surface area (Å²) in [7, 11) is 1.73. The van der Waals surface area contributed by atoms with Crippen LogP contribution in [0.5, 0.6) is 5.75 Å². The molecule has 1 heterocycles. The minimum atomic E-state index is -4.43.